The third-order valence-corrected chi connectivity index (χ3v) is 3.13. The van der Waals surface area contributed by atoms with Crippen molar-refractivity contribution in [2.75, 3.05) is 6.61 Å². The smallest absolute Gasteiger partial charge is 0.478 e. The molecule has 0 radical (unpaired) electrons. The lowest BCUT2D eigenvalue weighted by Gasteiger charge is -2.11. The molecule has 0 heterocycles. The van der Waals surface area contributed by atoms with E-state index in [9.17, 15) is 14.4 Å². The molecule has 7 nitrogen and oxygen atoms in total. The predicted molar refractivity (Wildman–Crippen MR) is 81.8 cm³/mol. The molecule has 23 heavy (non-hydrogen) atoms. The second kappa shape index (κ2) is 9.45. The fourth-order valence-electron chi connectivity index (χ4n) is 2.01. The van der Waals surface area contributed by atoms with Crippen molar-refractivity contribution in [1.29, 1.82) is 0 Å². The van der Waals surface area contributed by atoms with Crippen LogP contribution < -0.4 is 5.48 Å². The predicted octanol–water partition coefficient (Wildman–Crippen LogP) is 2.55. The number of nitrogens with one attached hydrogen (secondary N) is 1. The van der Waals surface area contributed by atoms with Gasteiger partial charge in [0.25, 0.3) is 5.91 Å². The lowest BCUT2D eigenvalue weighted by Crippen LogP contribution is -2.27. The molecule has 1 unspecified atom stereocenters. The maximum Gasteiger partial charge on any atom is 0.533 e. The van der Waals surface area contributed by atoms with E-state index in [-0.39, 0.29) is 24.5 Å². The van der Waals surface area contributed by atoms with E-state index in [1.807, 2.05) is 18.5 Å². The van der Waals surface area contributed by atoms with Gasteiger partial charge >= 0.3 is 12.1 Å². The quantitative estimate of drug-likeness (QED) is 0.590. The SMILES string of the molecule is CCOC(=O)ONC(=O)CCC(C)Cc1cccc(C(=O)O)c1. The van der Waals surface area contributed by atoms with Crippen LogP contribution in [0.1, 0.15) is 42.6 Å². The van der Waals surface area contributed by atoms with Gasteiger partial charge < -0.3 is 14.7 Å². The Labute approximate surface area is 134 Å². The van der Waals surface area contributed by atoms with Gasteiger partial charge in [0.1, 0.15) is 0 Å². The number of hydroxylamine groups is 1. The average Bonchev–Trinajstić information content (AvgIpc) is 2.51. The van der Waals surface area contributed by atoms with Crippen LogP contribution in [0.4, 0.5) is 4.79 Å². The van der Waals surface area contributed by atoms with Crippen LogP contribution in [0.15, 0.2) is 24.3 Å². The van der Waals surface area contributed by atoms with E-state index in [0.717, 1.165) is 5.56 Å². The van der Waals surface area contributed by atoms with Gasteiger partial charge in [-0.15, -0.1) is 0 Å². The van der Waals surface area contributed by atoms with Crippen molar-refractivity contribution < 1.29 is 29.1 Å². The Morgan fingerprint density at radius 1 is 1.30 bits per heavy atom. The third-order valence-electron chi connectivity index (χ3n) is 3.13. The molecular weight excluding hydrogens is 302 g/mol. The lowest BCUT2D eigenvalue weighted by atomic mass is 9.95. The Morgan fingerprint density at radius 3 is 2.70 bits per heavy atom. The van der Waals surface area contributed by atoms with Crippen molar-refractivity contribution in [1.82, 2.24) is 5.48 Å². The highest BCUT2D eigenvalue weighted by Crippen LogP contribution is 2.15. The van der Waals surface area contributed by atoms with Gasteiger partial charge in [-0.25, -0.2) is 9.59 Å². The van der Waals surface area contributed by atoms with E-state index in [4.69, 9.17) is 5.11 Å². The Hall–Kier alpha value is -2.57. The standard InChI is InChI=1S/C16H21NO6/c1-3-22-16(21)23-17-14(18)8-7-11(2)9-12-5-4-6-13(10-12)15(19)20/h4-6,10-11H,3,7-9H2,1-2H3,(H,17,18)(H,19,20). The first-order valence-corrected chi connectivity index (χ1v) is 7.37. The van der Waals surface area contributed by atoms with Crippen LogP contribution in [0.5, 0.6) is 0 Å². The summed E-state index contributed by atoms with van der Waals surface area (Å²) in [5, 5.41) is 8.96. The van der Waals surface area contributed by atoms with Crippen LogP contribution in [0.25, 0.3) is 0 Å². The Balaban J connectivity index is 2.35. The summed E-state index contributed by atoms with van der Waals surface area (Å²) in [7, 11) is 0. The Bertz CT molecular complexity index is 557. The van der Waals surface area contributed by atoms with Gasteiger partial charge in [0, 0.05) is 6.42 Å². The van der Waals surface area contributed by atoms with E-state index in [1.54, 1.807) is 19.1 Å². The maximum atomic E-state index is 11.5. The first-order valence-electron chi connectivity index (χ1n) is 7.37. The normalized spacial score (nSPS) is 11.4. The largest absolute Gasteiger partial charge is 0.533 e. The number of ether oxygens (including phenoxy) is 1. The van der Waals surface area contributed by atoms with Gasteiger partial charge in [0.05, 0.1) is 12.2 Å². The average molecular weight is 323 g/mol. The number of hydrogen-bond donors (Lipinski definition) is 2. The molecular formula is C16H21NO6. The fourth-order valence-corrected chi connectivity index (χ4v) is 2.01. The van der Waals surface area contributed by atoms with E-state index in [1.165, 1.54) is 6.07 Å². The molecule has 1 aromatic rings. The molecule has 0 saturated heterocycles. The van der Waals surface area contributed by atoms with Gasteiger partial charge in [-0.1, -0.05) is 19.1 Å². The summed E-state index contributed by atoms with van der Waals surface area (Å²) in [4.78, 5) is 37.8. The van der Waals surface area contributed by atoms with Gasteiger partial charge in [-0.2, -0.15) is 5.48 Å². The summed E-state index contributed by atoms with van der Waals surface area (Å²) in [6.07, 6.45) is 0.487. The zero-order valence-corrected chi connectivity index (χ0v) is 13.2. The zero-order valence-electron chi connectivity index (χ0n) is 13.2. The molecule has 0 aliphatic rings. The summed E-state index contributed by atoms with van der Waals surface area (Å²) in [5.41, 5.74) is 3.17. The van der Waals surface area contributed by atoms with Crippen LogP contribution in [0, 0.1) is 5.92 Å². The van der Waals surface area contributed by atoms with Crippen LogP contribution in [0.3, 0.4) is 0 Å². The summed E-state index contributed by atoms with van der Waals surface area (Å²) in [6.45, 7) is 3.76. The molecule has 0 aromatic heterocycles. The minimum atomic E-state index is -0.963. The van der Waals surface area contributed by atoms with Crippen molar-refractivity contribution in [3.8, 4) is 0 Å². The van der Waals surface area contributed by atoms with Crippen molar-refractivity contribution in [2.24, 2.45) is 5.92 Å². The number of carboxylic acid groups (broad SMARTS) is 1. The number of hydrogen-bond acceptors (Lipinski definition) is 5. The highest BCUT2D eigenvalue weighted by atomic mass is 16.8. The van der Waals surface area contributed by atoms with Crippen molar-refractivity contribution >= 4 is 18.0 Å². The van der Waals surface area contributed by atoms with Crippen LogP contribution in [0.2, 0.25) is 0 Å². The monoisotopic (exact) mass is 323 g/mol. The van der Waals surface area contributed by atoms with Crippen molar-refractivity contribution in [3.05, 3.63) is 35.4 Å². The lowest BCUT2D eigenvalue weighted by molar-refractivity contribution is -0.131. The zero-order chi connectivity index (χ0) is 17.2. The highest BCUT2D eigenvalue weighted by molar-refractivity contribution is 5.87. The number of carbonyl (C=O) groups excluding carboxylic acids is 2. The third kappa shape index (κ3) is 7.30. The summed E-state index contributed by atoms with van der Waals surface area (Å²) < 4.78 is 4.50. The molecule has 7 heteroatoms. The highest BCUT2D eigenvalue weighted by Gasteiger charge is 2.11. The number of rotatable bonds is 7. The second-order valence-electron chi connectivity index (χ2n) is 5.16. The molecule has 0 bridgehead atoms. The summed E-state index contributed by atoms with van der Waals surface area (Å²) in [5.74, 6) is -1.20. The van der Waals surface area contributed by atoms with Crippen LogP contribution in [-0.4, -0.2) is 29.7 Å². The Kier molecular flexibility index (Phi) is 7.59. The molecule has 0 fully saturated rings. The molecule has 1 aromatic carbocycles. The molecule has 0 saturated carbocycles. The van der Waals surface area contributed by atoms with E-state index in [2.05, 4.69) is 9.57 Å². The molecule has 0 aliphatic heterocycles. The van der Waals surface area contributed by atoms with Crippen molar-refractivity contribution in [2.45, 2.75) is 33.1 Å². The van der Waals surface area contributed by atoms with E-state index in [0.29, 0.717) is 12.8 Å². The molecule has 1 rings (SSSR count). The molecule has 0 spiro atoms. The number of carbonyl (C=O) groups is 3. The van der Waals surface area contributed by atoms with E-state index >= 15 is 0 Å². The number of amides is 1. The minimum absolute atomic E-state index is 0.168. The van der Waals surface area contributed by atoms with Gasteiger partial charge in [-0.05, 0) is 43.4 Å². The molecule has 126 valence electrons. The summed E-state index contributed by atoms with van der Waals surface area (Å²) >= 11 is 0. The summed E-state index contributed by atoms with van der Waals surface area (Å²) in [6, 6.07) is 6.72. The topological polar surface area (TPSA) is 102 Å². The van der Waals surface area contributed by atoms with Crippen LogP contribution in [-0.2, 0) is 20.8 Å². The fraction of sp³-hybridized carbons (Fsp3) is 0.438. The number of carboxylic acids is 1. The Morgan fingerprint density at radius 2 is 2.04 bits per heavy atom. The molecule has 2 N–H and O–H groups in total. The molecule has 1 atom stereocenters. The molecule has 1 amide bonds. The van der Waals surface area contributed by atoms with Gasteiger partial charge in [0.15, 0.2) is 0 Å². The van der Waals surface area contributed by atoms with Crippen molar-refractivity contribution in [3.63, 3.8) is 0 Å². The first kappa shape index (κ1) is 18.5. The van der Waals surface area contributed by atoms with Gasteiger partial charge in [0.2, 0.25) is 0 Å². The number of aromatic carboxylic acids is 1. The second-order valence-corrected chi connectivity index (χ2v) is 5.16. The van der Waals surface area contributed by atoms with Gasteiger partial charge in [-0.3, -0.25) is 4.79 Å². The maximum absolute atomic E-state index is 11.5. The number of benzene rings is 1. The first-order chi connectivity index (χ1) is 10.9. The molecule has 0 aliphatic carbocycles. The minimum Gasteiger partial charge on any atom is -0.478 e. The van der Waals surface area contributed by atoms with E-state index < -0.39 is 18.0 Å². The van der Waals surface area contributed by atoms with Crippen LogP contribution >= 0.6 is 0 Å².